The van der Waals surface area contributed by atoms with Crippen molar-refractivity contribution < 1.29 is 14.1 Å². The Kier molecular flexibility index (Phi) is 10.8. The summed E-state index contributed by atoms with van der Waals surface area (Å²) in [6.07, 6.45) is 6.42. The first-order valence-electron chi connectivity index (χ1n) is 10.9. The summed E-state index contributed by atoms with van der Waals surface area (Å²) < 4.78 is 18.7. The summed E-state index contributed by atoms with van der Waals surface area (Å²) in [6, 6.07) is 3.88. The number of morpholine rings is 1. The molecule has 29 heavy (non-hydrogen) atoms. The fraction of sp³-hybridized carbons (Fsp3) is 0.739. The number of halogens is 1. The monoisotopic (exact) mass is 410 g/mol. The lowest BCUT2D eigenvalue weighted by molar-refractivity contribution is -0.385. The number of ether oxygens (including phenoxy) is 1. The van der Waals surface area contributed by atoms with Crippen LogP contribution in [0.5, 0.6) is 0 Å². The Hall–Kier alpha value is -1.53. The van der Waals surface area contributed by atoms with Crippen molar-refractivity contribution in [2.45, 2.75) is 85.9 Å². The molecular formula is C23H39FN2O3. The minimum atomic E-state index is -0.568. The summed E-state index contributed by atoms with van der Waals surface area (Å²) >= 11 is 0. The van der Waals surface area contributed by atoms with Crippen molar-refractivity contribution in [1.29, 1.82) is 0 Å². The van der Waals surface area contributed by atoms with E-state index in [0.717, 1.165) is 13.1 Å². The molecule has 0 aliphatic carbocycles. The second kappa shape index (κ2) is 12.2. The van der Waals surface area contributed by atoms with E-state index in [0.29, 0.717) is 24.0 Å². The number of nitrogens with zero attached hydrogens (tertiary/aromatic N) is 2. The molecule has 1 fully saturated rings. The van der Waals surface area contributed by atoms with Gasteiger partial charge in [-0.15, -0.1) is 0 Å². The van der Waals surface area contributed by atoms with Crippen molar-refractivity contribution in [2.24, 2.45) is 5.41 Å². The number of nitro groups is 1. The maximum absolute atomic E-state index is 12.9. The molecule has 1 aromatic rings. The molecule has 1 heterocycles. The third-order valence-corrected chi connectivity index (χ3v) is 5.45. The first kappa shape index (κ1) is 25.5. The number of nitro benzene ring substituents is 1. The fourth-order valence-electron chi connectivity index (χ4n) is 4.51. The van der Waals surface area contributed by atoms with E-state index in [1.807, 2.05) is 0 Å². The largest absolute Gasteiger partial charge is 0.373 e. The highest BCUT2D eigenvalue weighted by atomic mass is 19.1. The van der Waals surface area contributed by atoms with Gasteiger partial charge in [-0.1, -0.05) is 46.6 Å². The zero-order valence-corrected chi connectivity index (χ0v) is 19.0. The third kappa shape index (κ3) is 8.39. The zero-order chi connectivity index (χ0) is 22.0. The highest BCUT2D eigenvalue weighted by Gasteiger charge is 2.29. The zero-order valence-electron chi connectivity index (χ0n) is 19.0. The predicted octanol–water partition coefficient (Wildman–Crippen LogP) is 6.00. The lowest BCUT2D eigenvalue weighted by Gasteiger charge is -2.41. The van der Waals surface area contributed by atoms with E-state index in [1.54, 1.807) is 6.92 Å². The standard InChI is InChI=1S/C15H31NO.C8H8FNO2/c1-6-8-15(5,9-7-2)12-16-10-13(3)17-14(4)11-16;1-2-6-7(9)4-3-5-8(6)10(11)12/h13-14H,6-12H2,1-5H3;3-5H,2H2,1H3. The molecule has 2 rings (SSSR count). The number of benzene rings is 1. The van der Waals surface area contributed by atoms with Gasteiger partial charge in [0.2, 0.25) is 0 Å². The molecule has 0 spiro atoms. The van der Waals surface area contributed by atoms with Gasteiger partial charge in [0.15, 0.2) is 0 Å². The number of hydrogen-bond acceptors (Lipinski definition) is 4. The fourth-order valence-corrected chi connectivity index (χ4v) is 4.51. The molecule has 166 valence electrons. The topological polar surface area (TPSA) is 55.6 Å². The van der Waals surface area contributed by atoms with Crippen LogP contribution in [0.4, 0.5) is 10.1 Å². The van der Waals surface area contributed by atoms with Crippen molar-refractivity contribution >= 4 is 5.69 Å². The molecule has 2 atom stereocenters. The molecule has 2 unspecified atom stereocenters. The molecule has 0 N–H and O–H groups in total. The summed E-state index contributed by atoms with van der Waals surface area (Å²) in [5, 5.41) is 10.4. The molecule has 0 amide bonds. The van der Waals surface area contributed by atoms with Crippen LogP contribution in [0, 0.1) is 21.3 Å². The average Bonchev–Trinajstić information content (AvgIpc) is 2.61. The van der Waals surface area contributed by atoms with Crippen molar-refractivity contribution in [3.8, 4) is 0 Å². The minimum Gasteiger partial charge on any atom is -0.373 e. The van der Waals surface area contributed by atoms with Crippen LogP contribution in [-0.2, 0) is 11.2 Å². The van der Waals surface area contributed by atoms with Crippen LogP contribution in [0.2, 0.25) is 0 Å². The second-order valence-electron chi connectivity index (χ2n) is 8.61. The van der Waals surface area contributed by atoms with Gasteiger partial charge in [-0.05, 0) is 44.6 Å². The molecule has 1 aliphatic heterocycles. The van der Waals surface area contributed by atoms with E-state index in [2.05, 4.69) is 39.5 Å². The van der Waals surface area contributed by atoms with E-state index >= 15 is 0 Å². The van der Waals surface area contributed by atoms with Gasteiger partial charge >= 0.3 is 0 Å². The molecule has 1 aromatic carbocycles. The molecule has 6 heteroatoms. The summed E-state index contributed by atoms with van der Waals surface area (Å²) in [7, 11) is 0. The smallest absolute Gasteiger partial charge is 0.275 e. The quantitative estimate of drug-likeness (QED) is 0.390. The first-order chi connectivity index (χ1) is 13.7. The highest BCUT2D eigenvalue weighted by Crippen LogP contribution is 2.31. The Morgan fingerprint density at radius 2 is 1.72 bits per heavy atom. The van der Waals surface area contributed by atoms with Crippen LogP contribution < -0.4 is 0 Å². The summed E-state index contributed by atoms with van der Waals surface area (Å²) in [4.78, 5) is 12.4. The first-order valence-corrected chi connectivity index (χ1v) is 10.9. The van der Waals surface area contributed by atoms with Crippen LogP contribution in [0.25, 0.3) is 0 Å². The molecule has 1 saturated heterocycles. The van der Waals surface area contributed by atoms with Gasteiger partial charge in [-0.25, -0.2) is 4.39 Å². The highest BCUT2D eigenvalue weighted by molar-refractivity contribution is 5.40. The Balaban J connectivity index is 0.000000308. The second-order valence-corrected chi connectivity index (χ2v) is 8.61. The van der Waals surface area contributed by atoms with Crippen LogP contribution in [0.1, 0.15) is 72.8 Å². The van der Waals surface area contributed by atoms with Gasteiger partial charge in [0.1, 0.15) is 5.82 Å². The lowest BCUT2D eigenvalue weighted by Crippen LogP contribution is -2.49. The van der Waals surface area contributed by atoms with Crippen molar-refractivity contribution in [3.05, 3.63) is 39.7 Å². The van der Waals surface area contributed by atoms with Gasteiger partial charge in [0, 0.05) is 25.7 Å². The van der Waals surface area contributed by atoms with Gasteiger partial charge in [0.05, 0.1) is 22.7 Å². The molecule has 0 bridgehead atoms. The minimum absolute atomic E-state index is 0.141. The summed E-state index contributed by atoms with van der Waals surface area (Å²) in [5.41, 5.74) is 0.528. The van der Waals surface area contributed by atoms with Crippen LogP contribution in [0.15, 0.2) is 18.2 Å². The van der Waals surface area contributed by atoms with Crippen molar-refractivity contribution in [3.63, 3.8) is 0 Å². The molecule has 1 aliphatic rings. The van der Waals surface area contributed by atoms with Crippen molar-refractivity contribution in [1.82, 2.24) is 4.90 Å². The van der Waals surface area contributed by atoms with Gasteiger partial charge < -0.3 is 4.74 Å². The average molecular weight is 411 g/mol. The Bertz CT molecular complexity index is 623. The van der Waals surface area contributed by atoms with Crippen molar-refractivity contribution in [2.75, 3.05) is 19.6 Å². The molecule has 0 aromatic heterocycles. The summed E-state index contributed by atoms with van der Waals surface area (Å²) in [6.45, 7) is 16.6. The van der Waals surface area contributed by atoms with E-state index in [4.69, 9.17) is 4.74 Å². The van der Waals surface area contributed by atoms with E-state index < -0.39 is 10.7 Å². The van der Waals surface area contributed by atoms with Gasteiger partial charge in [-0.3, -0.25) is 15.0 Å². The van der Waals surface area contributed by atoms with E-state index in [1.165, 1.54) is 50.4 Å². The van der Waals surface area contributed by atoms with Crippen LogP contribution in [-0.4, -0.2) is 41.7 Å². The molecule has 5 nitrogen and oxygen atoms in total. The Morgan fingerprint density at radius 3 is 2.14 bits per heavy atom. The normalized spacial score (nSPS) is 20.1. The maximum atomic E-state index is 12.9. The SMILES string of the molecule is CCCC(C)(CCC)CN1CC(C)OC(C)C1.CCc1c(F)cccc1[N+](=O)[O-]. The number of hydrogen-bond donors (Lipinski definition) is 0. The molecular weight excluding hydrogens is 371 g/mol. The van der Waals surface area contributed by atoms with Gasteiger partial charge in [-0.2, -0.15) is 0 Å². The van der Waals surface area contributed by atoms with Gasteiger partial charge in [0.25, 0.3) is 5.69 Å². The van der Waals surface area contributed by atoms with Crippen LogP contribution in [0.3, 0.4) is 0 Å². The van der Waals surface area contributed by atoms with E-state index in [-0.39, 0.29) is 11.3 Å². The maximum Gasteiger partial charge on any atom is 0.275 e. The Labute approximate surface area is 175 Å². The predicted molar refractivity (Wildman–Crippen MR) is 117 cm³/mol. The van der Waals surface area contributed by atoms with Crippen LogP contribution >= 0.6 is 0 Å². The molecule has 0 saturated carbocycles. The third-order valence-electron chi connectivity index (χ3n) is 5.45. The Morgan fingerprint density at radius 1 is 1.17 bits per heavy atom. The van der Waals surface area contributed by atoms with E-state index in [9.17, 15) is 14.5 Å². The lowest BCUT2D eigenvalue weighted by atomic mass is 9.80. The molecule has 0 radical (unpaired) electrons. The summed E-state index contributed by atoms with van der Waals surface area (Å²) in [5.74, 6) is -0.508. The number of rotatable bonds is 8.